The van der Waals surface area contributed by atoms with Crippen molar-refractivity contribution in [3.05, 3.63) is 22.7 Å². The Morgan fingerprint density at radius 1 is 1.61 bits per heavy atom. The second-order valence-corrected chi connectivity index (χ2v) is 5.68. The Labute approximate surface area is 115 Å². The molecule has 1 fully saturated rings. The fourth-order valence-electron chi connectivity index (χ4n) is 2.43. The van der Waals surface area contributed by atoms with Gasteiger partial charge in [-0.15, -0.1) is 0 Å². The minimum atomic E-state index is -2.40. The van der Waals surface area contributed by atoms with Crippen molar-refractivity contribution >= 4 is 22.0 Å². The summed E-state index contributed by atoms with van der Waals surface area (Å²) in [6, 6.07) is 0. The lowest BCUT2D eigenvalue weighted by Gasteiger charge is -2.52. The molecule has 98 valence electrons. The molecule has 6 nitrogen and oxygen atoms in total. The third kappa shape index (κ3) is 2.32. The van der Waals surface area contributed by atoms with E-state index in [9.17, 15) is 9.90 Å². The summed E-state index contributed by atoms with van der Waals surface area (Å²) in [6.07, 6.45) is 1.92. The largest absolute Gasteiger partial charge is 0.465 e. The number of amides is 1. The van der Waals surface area contributed by atoms with Crippen LogP contribution in [0.25, 0.3) is 0 Å². The van der Waals surface area contributed by atoms with Gasteiger partial charge in [0.25, 0.3) is 0 Å². The molecule has 0 bridgehead atoms. The highest BCUT2D eigenvalue weighted by atomic mass is 79.9. The van der Waals surface area contributed by atoms with Gasteiger partial charge in [0.05, 0.1) is 7.21 Å². The fraction of sp³-hybridized carbons (Fsp3) is 0.545. The molecule has 1 heterocycles. The smallest absolute Gasteiger partial charge is 0.405 e. The maximum atomic E-state index is 11.0. The van der Waals surface area contributed by atoms with Crippen LogP contribution in [0.15, 0.2) is 16.9 Å². The average Bonchev–Trinajstić information content (AvgIpc) is 2.25. The summed E-state index contributed by atoms with van der Waals surface area (Å²) in [5.41, 5.74) is -2.12. The van der Waals surface area contributed by atoms with Crippen LogP contribution in [-0.4, -0.2) is 32.8 Å². The molecule has 2 rings (SSSR count). The molecule has 0 spiro atoms. The number of carboxylic acid groups (broad SMARTS) is 1. The predicted octanol–water partition coefficient (Wildman–Crippen LogP) is 1.49. The van der Waals surface area contributed by atoms with Gasteiger partial charge in [0.1, 0.15) is 5.54 Å². The van der Waals surface area contributed by atoms with E-state index in [-0.39, 0.29) is 18.7 Å². The van der Waals surface area contributed by atoms with Gasteiger partial charge in [0.15, 0.2) is 5.82 Å². The molecule has 1 saturated carbocycles. The van der Waals surface area contributed by atoms with Crippen molar-refractivity contribution in [2.24, 2.45) is 5.41 Å². The standard InChI is InChI=1S/C11H14BrN3O3/c1-10(6-16)4-11(5-10,15-9(17)18)8-13-2-7(12)3-14-8/h2-3,15-16H,4-6H2,1H3,(H,17,18)/i6D2. The predicted molar refractivity (Wildman–Crippen MR) is 67.0 cm³/mol. The molecule has 1 aliphatic carbocycles. The first-order valence-corrected chi connectivity index (χ1v) is 6.09. The second-order valence-electron chi connectivity index (χ2n) is 4.76. The zero-order valence-electron chi connectivity index (χ0n) is 11.6. The molecule has 7 heteroatoms. The van der Waals surface area contributed by atoms with E-state index < -0.39 is 23.6 Å². The van der Waals surface area contributed by atoms with Crippen molar-refractivity contribution in [1.29, 1.82) is 0 Å². The van der Waals surface area contributed by atoms with Crippen LogP contribution in [0.1, 0.15) is 28.3 Å². The van der Waals surface area contributed by atoms with Crippen LogP contribution < -0.4 is 5.32 Å². The molecule has 18 heavy (non-hydrogen) atoms. The minimum Gasteiger partial charge on any atom is -0.465 e. The summed E-state index contributed by atoms with van der Waals surface area (Å²) >= 11 is 3.20. The van der Waals surface area contributed by atoms with E-state index in [1.807, 2.05) is 0 Å². The van der Waals surface area contributed by atoms with E-state index >= 15 is 0 Å². The van der Waals surface area contributed by atoms with Crippen molar-refractivity contribution in [1.82, 2.24) is 15.3 Å². The Morgan fingerprint density at radius 2 is 2.17 bits per heavy atom. The Kier molecular flexibility index (Phi) is 2.66. The van der Waals surface area contributed by atoms with Gasteiger partial charge in [0.2, 0.25) is 0 Å². The highest BCUT2D eigenvalue weighted by Crippen LogP contribution is 2.52. The van der Waals surface area contributed by atoms with E-state index in [1.165, 1.54) is 12.4 Å². The van der Waals surface area contributed by atoms with Crippen molar-refractivity contribution < 1.29 is 17.7 Å². The average molecular weight is 318 g/mol. The van der Waals surface area contributed by atoms with E-state index in [0.717, 1.165) is 0 Å². The zero-order chi connectivity index (χ0) is 15.2. The number of halogens is 1. The zero-order valence-corrected chi connectivity index (χ0v) is 11.2. The lowest BCUT2D eigenvalue weighted by Crippen LogP contribution is -2.60. The van der Waals surface area contributed by atoms with Crippen LogP contribution in [0.2, 0.25) is 0 Å². The molecule has 1 aromatic heterocycles. The van der Waals surface area contributed by atoms with Gasteiger partial charge in [-0.05, 0) is 34.2 Å². The Bertz CT molecular complexity index is 527. The maximum Gasteiger partial charge on any atom is 0.405 e. The minimum absolute atomic E-state index is 0.0808. The quantitative estimate of drug-likeness (QED) is 0.785. The molecule has 0 aliphatic heterocycles. The Balaban J connectivity index is 2.32. The van der Waals surface area contributed by atoms with Gasteiger partial charge in [-0.25, -0.2) is 14.8 Å². The molecule has 0 radical (unpaired) electrons. The number of nitrogens with one attached hydrogen (secondary N) is 1. The third-order valence-corrected chi connectivity index (χ3v) is 3.46. The van der Waals surface area contributed by atoms with Crippen molar-refractivity contribution in [2.45, 2.75) is 25.3 Å². The first kappa shape index (κ1) is 10.7. The van der Waals surface area contributed by atoms with Crippen LogP contribution >= 0.6 is 15.9 Å². The summed E-state index contributed by atoms with van der Waals surface area (Å²) in [4.78, 5) is 19.1. The van der Waals surface area contributed by atoms with E-state index in [2.05, 4.69) is 31.2 Å². The molecular weight excluding hydrogens is 302 g/mol. The first-order valence-electron chi connectivity index (χ1n) is 6.30. The van der Waals surface area contributed by atoms with Gasteiger partial charge in [-0.1, -0.05) is 6.92 Å². The highest BCUT2D eigenvalue weighted by molar-refractivity contribution is 9.10. The SMILES string of the molecule is [2H]C([2H])(O)C1(C)CC(NC(=O)O)(c2ncc(Br)cn2)C1. The maximum absolute atomic E-state index is 11.0. The molecular formula is C11H14BrN3O3. The summed E-state index contributed by atoms with van der Waals surface area (Å²) in [5.74, 6) is 0.268. The molecule has 1 amide bonds. The Morgan fingerprint density at radius 3 is 2.61 bits per heavy atom. The van der Waals surface area contributed by atoms with Crippen molar-refractivity contribution in [2.75, 3.05) is 6.56 Å². The summed E-state index contributed by atoms with van der Waals surface area (Å²) in [5, 5.41) is 20.9. The highest BCUT2D eigenvalue weighted by Gasteiger charge is 2.55. The monoisotopic (exact) mass is 317 g/mol. The van der Waals surface area contributed by atoms with Gasteiger partial charge in [-0.2, -0.15) is 0 Å². The first-order chi connectivity index (χ1) is 9.08. The van der Waals surface area contributed by atoms with Crippen LogP contribution in [0.4, 0.5) is 4.79 Å². The van der Waals surface area contributed by atoms with Crippen molar-refractivity contribution in [3.8, 4) is 0 Å². The lowest BCUT2D eigenvalue weighted by molar-refractivity contribution is -0.0327. The molecule has 1 aromatic rings. The van der Waals surface area contributed by atoms with Crippen LogP contribution in [0.3, 0.4) is 0 Å². The molecule has 0 aromatic carbocycles. The van der Waals surface area contributed by atoms with Crippen LogP contribution in [0.5, 0.6) is 0 Å². The van der Waals surface area contributed by atoms with Crippen LogP contribution in [-0.2, 0) is 5.54 Å². The molecule has 3 N–H and O–H groups in total. The van der Waals surface area contributed by atoms with E-state index in [4.69, 9.17) is 7.85 Å². The number of aliphatic hydroxyl groups is 1. The number of nitrogens with zero attached hydrogens (tertiary/aromatic N) is 2. The molecule has 0 saturated heterocycles. The summed E-state index contributed by atoms with van der Waals surface area (Å²) < 4.78 is 15.5. The summed E-state index contributed by atoms with van der Waals surface area (Å²) in [6.45, 7) is -0.834. The lowest BCUT2D eigenvalue weighted by atomic mass is 9.58. The van der Waals surface area contributed by atoms with Crippen molar-refractivity contribution in [3.63, 3.8) is 0 Å². The summed E-state index contributed by atoms with van der Waals surface area (Å²) in [7, 11) is 0. The Hall–Kier alpha value is -1.21. The van der Waals surface area contributed by atoms with E-state index in [1.54, 1.807) is 6.92 Å². The molecule has 0 unspecified atom stereocenters. The molecule has 0 atom stereocenters. The van der Waals surface area contributed by atoms with E-state index in [0.29, 0.717) is 4.47 Å². The van der Waals surface area contributed by atoms with Gasteiger partial charge in [-0.3, -0.25) is 0 Å². The number of hydrogen-bond donors (Lipinski definition) is 3. The normalized spacial score (nSPS) is 33.1. The number of carbonyl (C=O) groups is 1. The van der Waals surface area contributed by atoms with Gasteiger partial charge < -0.3 is 15.5 Å². The van der Waals surface area contributed by atoms with Crippen LogP contribution in [0, 0.1) is 5.41 Å². The second kappa shape index (κ2) is 4.47. The number of hydrogen-bond acceptors (Lipinski definition) is 4. The van der Waals surface area contributed by atoms with Gasteiger partial charge >= 0.3 is 6.09 Å². The molecule has 1 aliphatic rings. The number of rotatable bonds is 3. The third-order valence-electron chi connectivity index (χ3n) is 3.05. The topological polar surface area (TPSA) is 95.3 Å². The van der Waals surface area contributed by atoms with Gasteiger partial charge in [0, 0.05) is 19.0 Å². The fourth-order valence-corrected chi connectivity index (χ4v) is 2.63. The number of aromatic nitrogens is 2.